The summed E-state index contributed by atoms with van der Waals surface area (Å²) in [5, 5.41) is 8.58. The minimum atomic E-state index is -0.942. The Hall–Kier alpha value is -2.14. The predicted molar refractivity (Wildman–Crippen MR) is 80.6 cm³/mol. The van der Waals surface area contributed by atoms with Crippen LogP contribution in [0.5, 0.6) is 0 Å². The third-order valence-corrected chi connectivity index (χ3v) is 3.62. The monoisotopic (exact) mass is 288 g/mol. The molecule has 1 aliphatic rings. The van der Waals surface area contributed by atoms with E-state index in [4.69, 9.17) is 5.11 Å². The lowest BCUT2D eigenvalue weighted by Crippen LogP contribution is -2.47. The minimum Gasteiger partial charge on any atom is -0.478 e. The van der Waals surface area contributed by atoms with Crippen molar-refractivity contribution in [3.63, 3.8) is 0 Å². The summed E-state index contributed by atoms with van der Waals surface area (Å²) in [6.07, 6.45) is 2.72. The number of amides is 1. The van der Waals surface area contributed by atoms with Crippen molar-refractivity contribution in [1.29, 1.82) is 0 Å². The summed E-state index contributed by atoms with van der Waals surface area (Å²) in [6.45, 7) is 5.82. The summed E-state index contributed by atoms with van der Waals surface area (Å²) < 4.78 is 0. The molecule has 0 aromatic heterocycles. The average Bonchev–Trinajstić information content (AvgIpc) is 2.47. The number of carboxylic acid groups (broad SMARTS) is 1. The zero-order valence-electron chi connectivity index (χ0n) is 12.2. The van der Waals surface area contributed by atoms with Crippen molar-refractivity contribution in [1.82, 2.24) is 9.80 Å². The summed E-state index contributed by atoms with van der Waals surface area (Å²) in [5.41, 5.74) is 2.07. The van der Waals surface area contributed by atoms with Gasteiger partial charge in [0.15, 0.2) is 0 Å². The van der Waals surface area contributed by atoms with Gasteiger partial charge in [0, 0.05) is 45.7 Å². The molecule has 112 valence electrons. The molecule has 1 fully saturated rings. The number of carbonyl (C=O) groups is 2. The lowest BCUT2D eigenvalue weighted by molar-refractivity contribution is -0.131. The van der Waals surface area contributed by atoms with Gasteiger partial charge in [-0.25, -0.2) is 4.79 Å². The fourth-order valence-electron chi connectivity index (χ4n) is 2.38. The average molecular weight is 288 g/mol. The first-order chi connectivity index (χ1) is 10.0. The van der Waals surface area contributed by atoms with E-state index in [0.29, 0.717) is 0 Å². The molecule has 21 heavy (non-hydrogen) atoms. The first-order valence-electron chi connectivity index (χ1n) is 7.02. The first kappa shape index (κ1) is 15.3. The van der Waals surface area contributed by atoms with Gasteiger partial charge in [-0.15, -0.1) is 0 Å². The van der Waals surface area contributed by atoms with E-state index in [1.165, 1.54) is 5.56 Å². The quantitative estimate of drug-likeness (QED) is 0.852. The molecule has 1 N–H and O–H groups in total. The van der Waals surface area contributed by atoms with Crippen LogP contribution in [0.3, 0.4) is 0 Å². The molecule has 5 nitrogen and oxygen atoms in total. The molecule has 1 aromatic carbocycles. The van der Waals surface area contributed by atoms with Crippen LogP contribution in [0.25, 0.3) is 6.08 Å². The highest BCUT2D eigenvalue weighted by Crippen LogP contribution is 2.11. The lowest BCUT2D eigenvalue weighted by Gasteiger charge is -2.34. The molecule has 0 spiro atoms. The summed E-state index contributed by atoms with van der Waals surface area (Å²) in [6, 6.07) is 7.86. The smallest absolute Gasteiger partial charge is 0.328 e. The number of benzene rings is 1. The van der Waals surface area contributed by atoms with Gasteiger partial charge in [-0.05, 0) is 17.2 Å². The molecule has 1 amide bonds. The Kier molecular flexibility index (Phi) is 5.11. The first-order valence-corrected chi connectivity index (χ1v) is 7.02. The fraction of sp³-hybridized carbons (Fsp3) is 0.375. The Morgan fingerprint density at radius 3 is 2.29 bits per heavy atom. The van der Waals surface area contributed by atoms with Crippen LogP contribution in [0.15, 0.2) is 30.3 Å². The van der Waals surface area contributed by atoms with Crippen molar-refractivity contribution < 1.29 is 14.7 Å². The van der Waals surface area contributed by atoms with Crippen LogP contribution in [0, 0.1) is 0 Å². The minimum absolute atomic E-state index is 0.143. The molecular formula is C16H20N2O3. The van der Waals surface area contributed by atoms with Gasteiger partial charge < -0.3 is 10.0 Å². The van der Waals surface area contributed by atoms with E-state index in [1.807, 2.05) is 29.2 Å². The molecule has 1 aromatic rings. The van der Waals surface area contributed by atoms with Crippen LogP contribution in [0.2, 0.25) is 0 Å². The molecule has 0 radical (unpaired) electrons. The Bertz CT molecular complexity index is 529. The second-order valence-corrected chi connectivity index (χ2v) is 5.20. The molecule has 0 atom stereocenters. The molecule has 5 heteroatoms. The van der Waals surface area contributed by atoms with Crippen LogP contribution in [0.4, 0.5) is 0 Å². The summed E-state index contributed by atoms with van der Waals surface area (Å²) in [5.74, 6) is -0.799. The molecule has 2 rings (SSSR count). The van der Waals surface area contributed by atoms with Gasteiger partial charge in [-0.2, -0.15) is 0 Å². The van der Waals surface area contributed by atoms with Crippen molar-refractivity contribution in [2.45, 2.75) is 13.5 Å². The summed E-state index contributed by atoms with van der Waals surface area (Å²) in [4.78, 5) is 25.9. The summed E-state index contributed by atoms with van der Waals surface area (Å²) in [7, 11) is 0. The lowest BCUT2D eigenvalue weighted by atomic mass is 10.1. The Morgan fingerprint density at radius 1 is 1.14 bits per heavy atom. The van der Waals surface area contributed by atoms with Gasteiger partial charge in [0.1, 0.15) is 0 Å². The Morgan fingerprint density at radius 2 is 1.76 bits per heavy atom. The number of nitrogens with zero attached hydrogens (tertiary/aromatic N) is 2. The third kappa shape index (κ3) is 4.72. The second-order valence-electron chi connectivity index (χ2n) is 5.20. The zero-order chi connectivity index (χ0) is 15.2. The number of carbonyl (C=O) groups excluding carboxylic acids is 1. The Balaban J connectivity index is 1.87. The number of rotatable bonds is 4. The van der Waals surface area contributed by atoms with Crippen LogP contribution in [0.1, 0.15) is 18.1 Å². The van der Waals surface area contributed by atoms with E-state index in [1.54, 1.807) is 13.0 Å². The van der Waals surface area contributed by atoms with Gasteiger partial charge >= 0.3 is 5.97 Å². The van der Waals surface area contributed by atoms with E-state index in [2.05, 4.69) is 4.90 Å². The molecule has 0 aliphatic carbocycles. The van der Waals surface area contributed by atoms with E-state index in [-0.39, 0.29) is 5.91 Å². The van der Waals surface area contributed by atoms with Gasteiger partial charge in [-0.1, -0.05) is 24.3 Å². The van der Waals surface area contributed by atoms with E-state index < -0.39 is 5.97 Å². The molecule has 0 saturated carbocycles. The number of aliphatic carboxylic acids is 1. The van der Waals surface area contributed by atoms with E-state index >= 15 is 0 Å². The van der Waals surface area contributed by atoms with Crippen molar-refractivity contribution in [2.75, 3.05) is 26.2 Å². The van der Waals surface area contributed by atoms with Crippen molar-refractivity contribution in [3.05, 3.63) is 41.5 Å². The molecule has 1 aliphatic heterocycles. The molecule has 0 unspecified atom stereocenters. The second kappa shape index (κ2) is 7.04. The highest BCUT2D eigenvalue weighted by atomic mass is 16.4. The standard InChI is InChI=1S/C16H20N2O3/c1-13(19)18-10-8-17(9-11-18)12-15-4-2-14(3-5-15)6-7-16(20)21/h2-7H,8-12H2,1H3,(H,20,21). The Labute approximate surface area is 124 Å². The molecule has 1 saturated heterocycles. The van der Waals surface area contributed by atoms with Crippen molar-refractivity contribution in [2.24, 2.45) is 0 Å². The van der Waals surface area contributed by atoms with Crippen molar-refractivity contribution in [3.8, 4) is 0 Å². The topological polar surface area (TPSA) is 60.9 Å². The molecule has 1 heterocycles. The van der Waals surface area contributed by atoms with Crippen LogP contribution >= 0.6 is 0 Å². The highest BCUT2D eigenvalue weighted by Gasteiger charge is 2.18. The maximum Gasteiger partial charge on any atom is 0.328 e. The predicted octanol–water partition coefficient (Wildman–Crippen LogP) is 1.45. The summed E-state index contributed by atoms with van der Waals surface area (Å²) >= 11 is 0. The third-order valence-electron chi connectivity index (χ3n) is 3.62. The number of hydrogen-bond donors (Lipinski definition) is 1. The maximum atomic E-state index is 11.3. The van der Waals surface area contributed by atoms with Gasteiger partial charge in [0.05, 0.1) is 0 Å². The normalized spacial score (nSPS) is 16.3. The van der Waals surface area contributed by atoms with E-state index in [9.17, 15) is 9.59 Å². The SMILES string of the molecule is CC(=O)N1CCN(Cc2ccc(C=CC(=O)O)cc2)CC1. The maximum absolute atomic E-state index is 11.3. The van der Waals surface area contributed by atoms with Gasteiger partial charge in [-0.3, -0.25) is 9.69 Å². The van der Waals surface area contributed by atoms with E-state index in [0.717, 1.165) is 44.4 Å². The zero-order valence-corrected chi connectivity index (χ0v) is 12.2. The van der Waals surface area contributed by atoms with Crippen molar-refractivity contribution >= 4 is 18.0 Å². The largest absolute Gasteiger partial charge is 0.478 e. The molecular weight excluding hydrogens is 268 g/mol. The van der Waals surface area contributed by atoms with Gasteiger partial charge in [0.2, 0.25) is 5.91 Å². The number of carboxylic acids is 1. The van der Waals surface area contributed by atoms with Crippen LogP contribution in [-0.4, -0.2) is 53.0 Å². The highest BCUT2D eigenvalue weighted by molar-refractivity contribution is 5.85. The van der Waals surface area contributed by atoms with Crippen LogP contribution in [-0.2, 0) is 16.1 Å². The molecule has 0 bridgehead atoms. The number of piperazine rings is 1. The van der Waals surface area contributed by atoms with Gasteiger partial charge in [0.25, 0.3) is 0 Å². The van der Waals surface area contributed by atoms with Crippen LogP contribution < -0.4 is 0 Å². The fourth-order valence-corrected chi connectivity index (χ4v) is 2.38. The number of hydrogen-bond acceptors (Lipinski definition) is 3.